The molecule has 0 amide bonds. The molecule has 0 aromatic heterocycles. The van der Waals surface area contributed by atoms with Crippen LogP contribution in [0.1, 0.15) is 80.1 Å². The number of hydrogen-bond acceptors (Lipinski definition) is 1. The molecule has 0 aliphatic carbocycles. The molecule has 0 rings (SSSR count). The maximum Gasteiger partial charge on any atom is 0.0809 e. The summed E-state index contributed by atoms with van der Waals surface area (Å²) in [6.07, 6.45) is 7.13. The number of rotatable bonds is 12. The van der Waals surface area contributed by atoms with Crippen LogP contribution in [0, 0.1) is 23.0 Å². The van der Waals surface area contributed by atoms with Crippen LogP contribution in [0.2, 0.25) is 0 Å². The van der Waals surface area contributed by atoms with E-state index in [-0.39, 0.29) is 4.65 Å². The first kappa shape index (κ1) is 19.9. The van der Waals surface area contributed by atoms with Crippen molar-refractivity contribution in [2.75, 3.05) is 19.6 Å². The van der Waals surface area contributed by atoms with Gasteiger partial charge in [0.2, 0.25) is 0 Å². The SMILES string of the molecule is CCCC(C)C[N+]([O-])(CC(C)CCC)CC(C)CCC. The van der Waals surface area contributed by atoms with Crippen molar-refractivity contribution in [3.05, 3.63) is 5.21 Å². The molecule has 0 N–H and O–H groups in total. The van der Waals surface area contributed by atoms with Gasteiger partial charge in [0.1, 0.15) is 0 Å². The summed E-state index contributed by atoms with van der Waals surface area (Å²) in [6, 6.07) is 0. The first-order valence-electron chi connectivity index (χ1n) is 8.93. The van der Waals surface area contributed by atoms with Crippen LogP contribution in [0.25, 0.3) is 0 Å². The molecule has 0 radical (unpaired) electrons. The molecule has 3 atom stereocenters. The monoisotopic (exact) mass is 285 g/mol. The standard InChI is InChI=1S/C18H39NO/c1-7-10-16(4)13-19(20,14-17(5)11-8-2)15-18(6)12-9-3/h16-18H,7-15H2,1-6H3. The summed E-state index contributed by atoms with van der Waals surface area (Å²) in [5, 5.41) is 13.3. The first-order valence-corrected chi connectivity index (χ1v) is 8.93. The van der Waals surface area contributed by atoms with Crippen molar-refractivity contribution in [3.63, 3.8) is 0 Å². The van der Waals surface area contributed by atoms with Gasteiger partial charge in [-0.15, -0.1) is 0 Å². The molecule has 0 spiro atoms. The van der Waals surface area contributed by atoms with Crippen LogP contribution in [-0.2, 0) is 0 Å². The summed E-state index contributed by atoms with van der Waals surface area (Å²) >= 11 is 0. The van der Waals surface area contributed by atoms with Gasteiger partial charge in [0.15, 0.2) is 0 Å². The molecule has 3 unspecified atom stereocenters. The molecular weight excluding hydrogens is 246 g/mol. The lowest BCUT2D eigenvalue weighted by atomic mass is 9.99. The molecule has 0 aliphatic heterocycles. The van der Waals surface area contributed by atoms with Crippen molar-refractivity contribution in [2.45, 2.75) is 80.1 Å². The topological polar surface area (TPSA) is 23.1 Å². The zero-order valence-electron chi connectivity index (χ0n) is 15.0. The van der Waals surface area contributed by atoms with Gasteiger partial charge in [0.25, 0.3) is 0 Å². The quantitative estimate of drug-likeness (QED) is 0.337. The van der Waals surface area contributed by atoms with Gasteiger partial charge in [-0.25, -0.2) is 0 Å². The Hall–Kier alpha value is -0.0800. The minimum Gasteiger partial charge on any atom is -0.633 e. The first-order chi connectivity index (χ1) is 9.36. The third-order valence-corrected chi connectivity index (χ3v) is 4.28. The summed E-state index contributed by atoms with van der Waals surface area (Å²) in [6.45, 7) is 15.9. The fourth-order valence-corrected chi connectivity index (χ4v) is 3.68. The highest BCUT2D eigenvalue weighted by Gasteiger charge is 2.25. The zero-order chi connectivity index (χ0) is 15.6. The van der Waals surface area contributed by atoms with Gasteiger partial charge in [-0.2, -0.15) is 0 Å². The highest BCUT2D eigenvalue weighted by Crippen LogP contribution is 2.22. The zero-order valence-corrected chi connectivity index (χ0v) is 15.0. The Kier molecular flexibility index (Phi) is 10.6. The van der Waals surface area contributed by atoms with Crippen LogP contribution in [0.15, 0.2) is 0 Å². The third kappa shape index (κ3) is 8.97. The molecule has 2 heteroatoms. The second-order valence-corrected chi connectivity index (χ2v) is 7.29. The average Bonchev–Trinajstić information content (AvgIpc) is 2.28. The fourth-order valence-electron chi connectivity index (χ4n) is 3.68. The number of hydrogen-bond donors (Lipinski definition) is 0. The molecule has 0 aromatic rings. The summed E-state index contributed by atoms with van der Waals surface area (Å²) in [4.78, 5) is 0. The number of hydroxylamine groups is 3. The largest absolute Gasteiger partial charge is 0.633 e. The highest BCUT2D eigenvalue weighted by molar-refractivity contribution is 4.61. The fraction of sp³-hybridized carbons (Fsp3) is 1.00. The van der Waals surface area contributed by atoms with E-state index in [1.165, 1.54) is 38.5 Å². The summed E-state index contributed by atoms with van der Waals surface area (Å²) in [5.41, 5.74) is 0. The molecule has 0 aliphatic rings. The third-order valence-electron chi connectivity index (χ3n) is 4.28. The normalized spacial score (nSPS) is 19.4. The van der Waals surface area contributed by atoms with E-state index in [9.17, 15) is 5.21 Å². The van der Waals surface area contributed by atoms with Crippen molar-refractivity contribution in [3.8, 4) is 0 Å². The van der Waals surface area contributed by atoms with Crippen molar-refractivity contribution in [1.29, 1.82) is 0 Å². The lowest BCUT2D eigenvalue weighted by Gasteiger charge is -2.47. The minimum absolute atomic E-state index is 0.0451. The maximum absolute atomic E-state index is 13.3. The van der Waals surface area contributed by atoms with E-state index >= 15 is 0 Å². The number of nitrogens with zero attached hydrogens (tertiary/aromatic N) is 1. The van der Waals surface area contributed by atoms with E-state index in [1.54, 1.807) is 0 Å². The molecule has 2 nitrogen and oxygen atoms in total. The van der Waals surface area contributed by atoms with Gasteiger partial charge in [0.05, 0.1) is 19.6 Å². The minimum atomic E-state index is 0.0451. The van der Waals surface area contributed by atoms with Crippen molar-refractivity contribution in [1.82, 2.24) is 0 Å². The van der Waals surface area contributed by atoms with E-state index in [4.69, 9.17) is 0 Å². The van der Waals surface area contributed by atoms with E-state index in [0.717, 1.165) is 19.6 Å². The van der Waals surface area contributed by atoms with Gasteiger partial charge in [-0.1, -0.05) is 60.8 Å². The smallest absolute Gasteiger partial charge is 0.0809 e. The summed E-state index contributed by atoms with van der Waals surface area (Å²) < 4.78 is 0.0451. The summed E-state index contributed by atoms with van der Waals surface area (Å²) in [7, 11) is 0. The molecule has 20 heavy (non-hydrogen) atoms. The molecule has 0 saturated carbocycles. The Labute approximate surface area is 128 Å². The van der Waals surface area contributed by atoms with E-state index in [1.807, 2.05) is 0 Å². The van der Waals surface area contributed by atoms with E-state index in [2.05, 4.69) is 41.5 Å². The van der Waals surface area contributed by atoms with Crippen LogP contribution in [0.5, 0.6) is 0 Å². The van der Waals surface area contributed by atoms with E-state index in [0.29, 0.717) is 17.8 Å². The van der Waals surface area contributed by atoms with Crippen LogP contribution in [-0.4, -0.2) is 24.3 Å². The van der Waals surface area contributed by atoms with Crippen molar-refractivity contribution in [2.24, 2.45) is 17.8 Å². The maximum atomic E-state index is 13.3. The number of quaternary nitrogens is 1. The van der Waals surface area contributed by atoms with Gasteiger partial charge < -0.3 is 9.85 Å². The van der Waals surface area contributed by atoms with Crippen LogP contribution in [0.4, 0.5) is 0 Å². The predicted molar refractivity (Wildman–Crippen MR) is 90.4 cm³/mol. The van der Waals surface area contributed by atoms with Gasteiger partial charge >= 0.3 is 0 Å². The summed E-state index contributed by atoms with van der Waals surface area (Å²) in [5.74, 6) is 1.67. The van der Waals surface area contributed by atoms with Gasteiger partial charge in [0, 0.05) is 17.8 Å². The second kappa shape index (κ2) is 10.6. The van der Waals surface area contributed by atoms with Gasteiger partial charge in [-0.3, -0.25) is 0 Å². The second-order valence-electron chi connectivity index (χ2n) is 7.29. The Balaban J connectivity index is 4.64. The predicted octanol–water partition coefficient (Wildman–Crippen LogP) is 5.61. The molecule has 0 fully saturated rings. The van der Waals surface area contributed by atoms with Crippen LogP contribution >= 0.6 is 0 Å². The van der Waals surface area contributed by atoms with Crippen molar-refractivity contribution >= 4 is 0 Å². The Morgan fingerprint density at radius 1 is 0.650 bits per heavy atom. The van der Waals surface area contributed by atoms with E-state index < -0.39 is 0 Å². The Morgan fingerprint density at radius 3 is 1.10 bits per heavy atom. The molecular formula is C18H39NO. The molecule has 0 saturated heterocycles. The Bertz CT molecular complexity index is 193. The molecule has 0 bridgehead atoms. The van der Waals surface area contributed by atoms with Gasteiger partial charge in [-0.05, 0) is 19.3 Å². The Morgan fingerprint density at radius 2 is 0.900 bits per heavy atom. The molecule has 0 heterocycles. The van der Waals surface area contributed by atoms with Crippen LogP contribution in [0.3, 0.4) is 0 Å². The molecule has 0 aromatic carbocycles. The highest BCUT2D eigenvalue weighted by atomic mass is 16.5. The molecule has 122 valence electrons. The average molecular weight is 286 g/mol. The lowest BCUT2D eigenvalue weighted by Crippen LogP contribution is -2.50. The lowest BCUT2D eigenvalue weighted by molar-refractivity contribution is -0.890. The van der Waals surface area contributed by atoms with Crippen molar-refractivity contribution < 1.29 is 4.65 Å². The van der Waals surface area contributed by atoms with Crippen LogP contribution < -0.4 is 0 Å².